The fourth-order valence-corrected chi connectivity index (χ4v) is 15.9. The number of ether oxygens (including phenoxy) is 4. The van der Waals surface area contributed by atoms with Gasteiger partial charge in [0.25, 0.3) is 0 Å². The van der Waals surface area contributed by atoms with Gasteiger partial charge in [-0.3, -0.25) is 0 Å². The van der Waals surface area contributed by atoms with Crippen LogP contribution >= 0.6 is 0 Å². The maximum atomic E-state index is 10.5. The lowest BCUT2D eigenvalue weighted by Gasteiger charge is -2.13. The predicted octanol–water partition coefficient (Wildman–Crippen LogP) is 25.6. The lowest BCUT2D eigenvalue weighted by molar-refractivity contribution is 0.221. The Bertz CT molecular complexity index is 8320. The second kappa shape index (κ2) is 35.7. The van der Waals surface area contributed by atoms with Crippen LogP contribution in [0.5, 0.6) is 47.0 Å². The Balaban J connectivity index is 0.000000111. The van der Waals surface area contributed by atoms with Gasteiger partial charge in [-0.05, 0) is 208 Å². The molecular formula is C108H80N12O12. The highest BCUT2D eigenvalue weighted by Crippen LogP contribution is 2.44. The van der Waals surface area contributed by atoms with Crippen LogP contribution in [0.1, 0.15) is 41.5 Å². The van der Waals surface area contributed by atoms with Crippen LogP contribution in [0.3, 0.4) is 0 Å². The summed E-state index contributed by atoms with van der Waals surface area (Å²) in [7, 11) is 0. The average Bonchev–Trinajstić information content (AvgIpc) is 1.55. The summed E-state index contributed by atoms with van der Waals surface area (Å²) < 4.78 is 47.4. The van der Waals surface area contributed by atoms with E-state index < -0.39 is 0 Å². The highest BCUT2D eigenvalue weighted by atomic mass is 16.5. The number of phenols is 4. The monoisotopic (exact) mass is 1740 g/mol. The molecule has 24 nitrogen and oxygen atoms in total. The van der Waals surface area contributed by atoms with Gasteiger partial charge in [0.15, 0.2) is 46.6 Å². The molecule has 0 fully saturated rings. The van der Waals surface area contributed by atoms with Crippen LogP contribution in [0.25, 0.3) is 212 Å². The maximum absolute atomic E-state index is 10.5. The van der Waals surface area contributed by atoms with Crippen molar-refractivity contribution in [2.75, 3.05) is 13.2 Å². The van der Waals surface area contributed by atoms with Crippen molar-refractivity contribution in [3.8, 4) is 149 Å². The Morgan fingerprint density at radius 2 is 0.553 bits per heavy atom. The van der Waals surface area contributed by atoms with Crippen molar-refractivity contribution in [3.63, 3.8) is 0 Å². The number of aromatic nitrogens is 12. The molecule has 0 saturated carbocycles. The van der Waals surface area contributed by atoms with Crippen molar-refractivity contribution >= 4 is 109 Å². The second-order valence-electron chi connectivity index (χ2n) is 31.5. The van der Waals surface area contributed by atoms with Crippen molar-refractivity contribution in [1.29, 1.82) is 0 Å². The van der Waals surface area contributed by atoms with E-state index in [1.807, 2.05) is 217 Å². The largest absolute Gasteiger partial charge is 0.507 e. The molecule has 644 valence electrons. The molecule has 23 aromatic rings. The van der Waals surface area contributed by atoms with E-state index in [9.17, 15) is 20.4 Å². The molecule has 0 aliphatic heterocycles. The van der Waals surface area contributed by atoms with E-state index in [0.717, 1.165) is 137 Å². The summed E-state index contributed by atoms with van der Waals surface area (Å²) in [4.78, 5) is 54.4. The summed E-state index contributed by atoms with van der Waals surface area (Å²) >= 11 is 0. The number of rotatable bonds is 17. The Labute approximate surface area is 753 Å². The first-order chi connectivity index (χ1) is 64.5. The van der Waals surface area contributed by atoms with E-state index in [1.165, 1.54) is 5.39 Å². The summed E-state index contributed by atoms with van der Waals surface area (Å²) in [5.74, 6) is 3.55. The normalized spacial score (nSPS) is 11.4. The van der Waals surface area contributed by atoms with Crippen molar-refractivity contribution in [1.82, 2.24) is 59.8 Å². The average molecular weight is 1740 g/mol. The topological polar surface area (TPSA) is 325 Å². The number of furan rings is 4. The molecule has 0 spiro atoms. The second-order valence-corrected chi connectivity index (χ2v) is 31.5. The van der Waals surface area contributed by atoms with Crippen LogP contribution < -0.4 is 18.9 Å². The first-order valence-corrected chi connectivity index (χ1v) is 42.9. The standard InChI is InChI=1S/C34H25N3O3.C28H21N3O3.2C23H17N3O3/c1-20(2)39-34-36-32(25-14-8-9-15-28(25)38)35-33(37-34)27-19-30-31(24-13-7-6-12-23(24)27)26-17-16-22(18-29(26)40-30)21-10-4-3-5-11-21;1-16(2)33-28-30-26(29-27(31-28)21-9-5-6-10-23(21)32)19-11-12-20-22-13-17-7-3-4-8-18(17)14-25(22)34-24(20)15-19;1-2-28-23-25-21(24-22(26-23)17-8-3-5-9-18(17)27)14-11-12-16-15-7-4-6-10-19(15)29-20(16)13-14;1-2-28-23-25-21(24-22(26-23)16-8-3-5-9-18(16)27)14-11-12-20-17(13-14)15-7-4-6-10-19(15)29-20/h3-20,38H,1-2H3;3-16,32H,1-2H3;2*3-13,27H,2H2,1H3. The van der Waals surface area contributed by atoms with Crippen LogP contribution in [-0.4, -0.2) is 106 Å². The summed E-state index contributed by atoms with van der Waals surface area (Å²) in [6.07, 6.45) is -0.250. The minimum atomic E-state index is -0.138. The number of phenolic OH excluding ortho intramolecular Hbond substituents is 4. The lowest BCUT2D eigenvalue weighted by atomic mass is 9.97. The molecule has 0 bridgehead atoms. The van der Waals surface area contributed by atoms with Crippen LogP contribution in [0.15, 0.2) is 333 Å². The van der Waals surface area contributed by atoms with Crippen molar-refractivity contribution in [3.05, 3.63) is 315 Å². The summed E-state index contributed by atoms with van der Waals surface area (Å²) in [5, 5.41) is 53.9. The summed E-state index contributed by atoms with van der Waals surface area (Å²) in [6, 6.07) is 101. The predicted molar refractivity (Wildman–Crippen MR) is 513 cm³/mol. The van der Waals surface area contributed by atoms with Gasteiger partial charge in [-0.2, -0.15) is 39.9 Å². The van der Waals surface area contributed by atoms with E-state index in [1.54, 1.807) is 72.8 Å². The van der Waals surface area contributed by atoms with Crippen molar-refractivity contribution in [2.24, 2.45) is 0 Å². The van der Waals surface area contributed by atoms with Crippen molar-refractivity contribution in [2.45, 2.75) is 53.8 Å². The van der Waals surface area contributed by atoms with Gasteiger partial charge < -0.3 is 57.0 Å². The van der Waals surface area contributed by atoms with Gasteiger partial charge >= 0.3 is 24.0 Å². The number of aromatic hydroxyl groups is 4. The van der Waals surface area contributed by atoms with Gasteiger partial charge in [0.05, 0.1) is 47.7 Å². The molecule has 0 unspecified atom stereocenters. The van der Waals surface area contributed by atoms with Crippen molar-refractivity contribution < 1.29 is 57.0 Å². The Hall–Kier alpha value is -17.5. The fourth-order valence-electron chi connectivity index (χ4n) is 15.9. The molecular weight excluding hydrogens is 1660 g/mol. The molecule has 24 heteroatoms. The third-order valence-electron chi connectivity index (χ3n) is 22.0. The molecule has 132 heavy (non-hydrogen) atoms. The Morgan fingerprint density at radius 1 is 0.227 bits per heavy atom. The maximum Gasteiger partial charge on any atom is 0.320 e. The summed E-state index contributed by atoms with van der Waals surface area (Å²) in [6.45, 7) is 12.2. The zero-order chi connectivity index (χ0) is 90.0. The van der Waals surface area contributed by atoms with E-state index >= 15 is 0 Å². The molecule has 0 saturated heterocycles. The molecule has 0 amide bonds. The van der Waals surface area contributed by atoms with E-state index in [-0.39, 0.29) is 59.2 Å². The molecule has 15 aromatic carbocycles. The van der Waals surface area contributed by atoms with Gasteiger partial charge in [-0.1, -0.05) is 182 Å². The van der Waals surface area contributed by atoms with Gasteiger partial charge in [0, 0.05) is 65.3 Å². The fraction of sp³-hybridized carbons (Fsp3) is 0.0926. The highest BCUT2D eigenvalue weighted by Gasteiger charge is 2.25. The Kier molecular flexibility index (Phi) is 22.4. The quantitative estimate of drug-likeness (QED) is 0.0658. The van der Waals surface area contributed by atoms with Crippen LogP contribution in [0, 0.1) is 0 Å². The lowest BCUT2D eigenvalue weighted by Crippen LogP contribution is -2.10. The minimum Gasteiger partial charge on any atom is -0.507 e. The van der Waals surface area contributed by atoms with Gasteiger partial charge in [-0.25, -0.2) is 19.9 Å². The van der Waals surface area contributed by atoms with Gasteiger partial charge in [0.1, 0.15) is 67.7 Å². The number of hydrogen-bond acceptors (Lipinski definition) is 24. The van der Waals surface area contributed by atoms with Crippen LogP contribution in [0.4, 0.5) is 0 Å². The van der Waals surface area contributed by atoms with Crippen LogP contribution in [0.2, 0.25) is 0 Å². The third-order valence-corrected chi connectivity index (χ3v) is 22.0. The van der Waals surface area contributed by atoms with Gasteiger partial charge in [-0.15, -0.1) is 0 Å². The highest BCUT2D eigenvalue weighted by molar-refractivity contribution is 6.22. The zero-order valence-corrected chi connectivity index (χ0v) is 72.0. The third kappa shape index (κ3) is 16.8. The molecule has 0 aliphatic rings. The van der Waals surface area contributed by atoms with E-state index in [0.29, 0.717) is 82.1 Å². The molecule has 23 rings (SSSR count). The Morgan fingerprint density at radius 3 is 1.07 bits per heavy atom. The minimum absolute atomic E-state index is 0.0851. The number of nitrogens with zero attached hydrogens (tertiary/aromatic N) is 12. The molecule has 8 aromatic heterocycles. The van der Waals surface area contributed by atoms with E-state index in [2.05, 4.69) is 117 Å². The number of fused-ring (bicyclic) bond motifs is 15. The zero-order valence-electron chi connectivity index (χ0n) is 72.0. The molecule has 0 atom stereocenters. The number of benzene rings is 15. The number of para-hydroxylation sites is 6. The van der Waals surface area contributed by atoms with E-state index in [4.69, 9.17) is 46.6 Å². The molecule has 0 aliphatic carbocycles. The first kappa shape index (κ1) is 82.7. The molecule has 0 radical (unpaired) electrons. The smallest absolute Gasteiger partial charge is 0.320 e. The SMILES string of the molecule is CC(C)Oc1nc(-c2ccc3c(c2)oc2cc4ccccc4cc23)nc(-c2ccccc2O)n1.CC(C)Oc1nc(-c2ccccc2O)nc(-c2cc3oc4cc(-c5ccccc5)ccc4c3c3ccccc23)n1.CCOc1nc(-c2ccc3c(c2)oc2ccccc23)nc(-c2ccccc2O)n1.CCOc1nc(-c2ccc3oc4ccccc4c3c2)nc(-c2ccccc2O)n1. The first-order valence-electron chi connectivity index (χ1n) is 42.9. The summed E-state index contributed by atoms with van der Waals surface area (Å²) in [5.41, 5.74) is 13.8. The molecule has 8 heterocycles. The number of hydrogen-bond donors (Lipinski definition) is 4. The van der Waals surface area contributed by atoms with Gasteiger partial charge in [0.2, 0.25) is 0 Å². The molecule has 4 N–H and O–H groups in total. The van der Waals surface area contributed by atoms with Crippen LogP contribution in [-0.2, 0) is 0 Å².